The molecule has 1 aliphatic rings. The van der Waals surface area contributed by atoms with E-state index < -0.39 is 17.6 Å². The summed E-state index contributed by atoms with van der Waals surface area (Å²) < 4.78 is 43.7. The van der Waals surface area contributed by atoms with E-state index in [0.717, 1.165) is 43.4 Å². The lowest BCUT2D eigenvalue weighted by Crippen LogP contribution is -2.21. The average molecular weight is 349 g/mol. The van der Waals surface area contributed by atoms with E-state index in [-0.39, 0.29) is 12.3 Å². The Bertz CT molecular complexity index is 772. The zero-order chi connectivity index (χ0) is 17.9. The van der Waals surface area contributed by atoms with Crippen molar-refractivity contribution in [3.63, 3.8) is 0 Å². The number of carbonyl (C=O) groups is 1. The van der Waals surface area contributed by atoms with Crippen molar-refractivity contribution in [2.45, 2.75) is 31.9 Å². The second-order valence-corrected chi connectivity index (χ2v) is 6.02. The van der Waals surface area contributed by atoms with Gasteiger partial charge in [-0.3, -0.25) is 4.79 Å². The van der Waals surface area contributed by atoms with Crippen LogP contribution in [0, 0.1) is 0 Å². The van der Waals surface area contributed by atoms with Gasteiger partial charge in [0.15, 0.2) is 6.61 Å². The van der Waals surface area contributed by atoms with Crippen LogP contribution in [0.3, 0.4) is 0 Å². The molecule has 0 radical (unpaired) electrons. The Morgan fingerprint density at radius 3 is 2.64 bits per heavy atom. The molecule has 1 amide bonds. The van der Waals surface area contributed by atoms with Crippen LogP contribution >= 0.6 is 0 Å². The van der Waals surface area contributed by atoms with Gasteiger partial charge >= 0.3 is 6.18 Å². The number of alkyl halides is 3. The number of halogens is 3. The Hall–Kier alpha value is -2.50. The molecule has 1 N–H and O–H groups in total. The normalized spacial score (nSPS) is 13.9. The van der Waals surface area contributed by atoms with Gasteiger partial charge in [-0.05, 0) is 61.1 Å². The van der Waals surface area contributed by atoms with Gasteiger partial charge in [-0.15, -0.1) is 0 Å². The van der Waals surface area contributed by atoms with Crippen LogP contribution in [0.1, 0.15) is 29.5 Å². The molecule has 6 heteroatoms. The molecule has 0 bridgehead atoms. The summed E-state index contributed by atoms with van der Waals surface area (Å²) in [6, 6.07) is 10.3. The lowest BCUT2D eigenvalue weighted by Gasteiger charge is -2.19. The monoisotopic (exact) mass is 349 g/mol. The molecular formula is C19H18F3NO2. The van der Waals surface area contributed by atoms with Crippen LogP contribution in [0.2, 0.25) is 0 Å². The predicted molar refractivity (Wildman–Crippen MR) is 88.7 cm³/mol. The van der Waals surface area contributed by atoms with Crippen LogP contribution in [0.5, 0.6) is 5.75 Å². The molecule has 0 aliphatic heterocycles. The highest BCUT2D eigenvalue weighted by atomic mass is 19.4. The molecule has 132 valence electrons. The van der Waals surface area contributed by atoms with Gasteiger partial charge in [-0.2, -0.15) is 13.2 Å². The van der Waals surface area contributed by atoms with Crippen LogP contribution in [0.25, 0.3) is 0 Å². The Morgan fingerprint density at radius 1 is 1.08 bits per heavy atom. The third-order valence-corrected chi connectivity index (χ3v) is 4.19. The largest absolute Gasteiger partial charge is 0.483 e. The fourth-order valence-electron chi connectivity index (χ4n) is 3.00. The van der Waals surface area contributed by atoms with Crippen LogP contribution in [-0.2, 0) is 23.8 Å². The zero-order valence-electron chi connectivity index (χ0n) is 13.5. The molecule has 2 aromatic carbocycles. The maximum Gasteiger partial charge on any atom is 0.416 e. The van der Waals surface area contributed by atoms with E-state index in [9.17, 15) is 18.0 Å². The van der Waals surface area contributed by atoms with Gasteiger partial charge in [0.2, 0.25) is 0 Å². The molecule has 0 fully saturated rings. The fraction of sp³-hybridized carbons (Fsp3) is 0.316. The average Bonchev–Trinajstić information content (AvgIpc) is 2.59. The van der Waals surface area contributed by atoms with E-state index in [1.54, 1.807) is 0 Å². The number of carbonyl (C=O) groups excluding carboxylic acids is 1. The fourth-order valence-corrected chi connectivity index (χ4v) is 3.00. The SMILES string of the molecule is O=C(COc1cccc2c1CCCC2)Nc1cccc(C(F)(F)F)c1. The summed E-state index contributed by atoms with van der Waals surface area (Å²) in [6.45, 7) is -0.243. The van der Waals surface area contributed by atoms with E-state index in [2.05, 4.69) is 11.4 Å². The topological polar surface area (TPSA) is 38.3 Å². The highest BCUT2D eigenvalue weighted by Crippen LogP contribution is 2.31. The van der Waals surface area contributed by atoms with Crippen molar-refractivity contribution in [2.24, 2.45) is 0 Å². The third-order valence-electron chi connectivity index (χ3n) is 4.19. The summed E-state index contributed by atoms with van der Waals surface area (Å²) in [5.41, 5.74) is 1.66. The standard InChI is InChI=1S/C19H18F3NO2/c20-19(21,22)14-7-4-8-15(11-14)23-18(24)12-25-17-10-3-6-13-5-1-2-9-16(13)17/h3-4,6-8,10-11H,1-2,5,9,12H2,(H,23,24). The first kappa shape index (κ1) is 17.3. The first-order valence-corrected chi connectivity index (χ1v) is 8.14. The van der Waals surface area contributed by atoms with E-state index in [1.165, 1.54) is 17.7 Å². The van der Waals surface area contributed by atoms with Crippen LogP contribution in [-0.4, -0.2) is 12.5 Å². The van der Waals surface area contributed by atoms with Gasteiger partial charge in [0.25, 0.3) is 5.91 Å². The molecule has 0 saturated carbocycles. The number of hydrogen-bond donors (Lipinski definition) is 1. The number of amides is 1. The number of anilines is 1. The summed E-state index contributed by atoms with van der Waals surface area (Å²) >= 11 is 0. The molecule has 3 rings (SSSR count). The smallest absolute Gasteiger partial charge is 0.416 e. The number of rotatable bonds is 4. The molecule has 2 aromatic rings. The van der Waals surface area contributed by atoms with Gasteiger partial charge in [-0.1, -0.05) is 18.2 Å². The summed E-state index contributed by atoms with van der Waals surface area (Å²) in [5, 5.41) is 2.44. The first-order chi connectivity index (χ1) is 11.9. The minimum absolute atomic E-state index is 0.0958. The molecule has 0 heterocycles. The van der Waals surface area contributed by atoms with Crippen LogP contribution < -0.4 is 10.1 Å². The summed E-state index contributed by atoms with van der Waals surface area (Å²) in [6.07, 6.45) is -0.291. The molecule has 3 nitrogen and oxygen atoms in total. The van der Waals surface area contributed by atoms with Crippen molar-refractivity contribution in [3.05, 3.63) is 59.2 Å². The number of fused-ring (bicyclic) bond motifs is 1. The number of ether oxygens (including phenoxy) is 1. The summed E-state index contributed by atoms with van der Waals surface area (Å²) in [5.74, 6) is 0.184. The number of nitrogens with one attached hydrogen (secondary N) is 1. The van der Waals surface area contributed by atoms with Crippen LogP contribution in [0.15, 0.2) is 42.5 Å². The maximum absolute atomic E-state index is 12.7. The van der Waals surface area contributed by atoms with Crippen molar-refractivity contribution in [3.8, 4) is 5.75 Å². The van der Waals surface area contributed by atoms with Crippen molar-refractivity contribution < 1.29 is 22.7 Å². The minimum Gasteiger partial charge on any atom is -0.483 e. The predicted octanol–water partition coefficient (Wildman–Crippen LogP) is 4.60. The molecule has 1 aliphatic carbocycles. The molecular weight excluding hydrogens is 331 g/mol. The number of aryl methyl sites for hydroxylation is 1. The van der Waals surface area contributed by atoms with Gasteiger partial charge in [0.1, 0.15) is 5.75 Å². The molecule has 0 atom stereocenters. The number of benzene rings is 2. The van der Waals surface area contributed by atoms with Crippen molar-refractivity contribution in [2.75, 3.05) is 11.9 Å². The highest BCUT2D eigenvalue weighted by molar-refractivity contribution is 5.92. The number of hydrogen-bond acceptors (Lipinski definition) is 2. The molecule has 0 unspecified atom stereocenters. The van der Waals surface area contributed by atoms with Gasteiger partial charge < -0.3 is 10.1 Å². The Kier molecular flexibility index (Phi) is 4.97. The lowest BCUT2D eigenvalue weighted by molar-refractivity contribution is -0.137. The molecule has 0 aromatic heterocycles. The van der Waals surface area contributed by atoms with Crippen LogP contribution in [0.4, 0.5) is 18.9 Å². The second kappa shape index (κ2) is 7.17. The quantitative estimate of drug-likeness (QED) is 0.876. The summed E-state index contributed by atoms with van der Waals surface area (Å²) in [7, 11) is 0. The Morgan fingerprint density at radius 2 is 1.84 bits per heavy atom. The highest BCUT2D eigenvalue weighted by Gasteiger charge is 2.30. The lowest BCUT2D eigenvalue weighted by atomic mass is 9.91. The van der Waals surface area contributed by atoms with E-state index >= 15 is 0 Å². The molecule has 25 heavy (non-hydrogen) atoms. The van der Waals surface area contributed by atoms with Crippen molar-refractivity contribution in [1.29, 1.82) is 0 Å². The molecule has 0 saturated heterocycles. The van der Waals surface area contributed by atoms with E-state index in [1.807, 2.05) is 12.1 Å². The van der Waals surface area contributed by atoms with Gasteiger partial charge in [0.05, 0.1) is 5.56 Å². The zero-order valence-corrected chi connectivity index (χ0v) is 13.5. The Balaban J connectivity index is 1.63. The van der Waals surface area contributed by atoms with Gasteiger partial charge in [0, 0.05) is 5.69 Å². The third kappa shape index (κ3) is 4.32. The summed E-state index contributed by atoms with van der Waals surface area (Å²) in [4.78, 5) is 12.0. The second-order valence-electron chi connectivity index (χ2n) is 6.02. The van der Waals surface area contributed by atoms with E-state index in [0.29, 0.717) is 5.75 Å². The van der Waals surface area contributed by atoms with Crippen molar-refractivity contribution in [1.82, 2.24) is 0 Å². The first-order valence-electron chi connectivity index (χ1n) is 8.14. The molecule has 0 spiro atoms. The van der Waals surface area contributed by atoms with Gasteiger partial charge in [-0.25, -0.2) is 0 Å². The Labute approximate surface area is 143 Å². The maximum atomic E-state index is 12.7. The van der Waals surface area contributed by atoms with E-state index in [4.69, 9.17) is 4.74 Å². The minimum atomic E-state index is -4.44. The van der Waals surface area contributed by atoms with Crippen molar-refractivity contribution >= 4 is 11.6 Å².